The van der Waals surface area contributed by atoms with Crippen molar-refractivity contribution in [3.05, 3.63) is 82.2 Å². The third kappa shape index (κ3) is 8.09. The average Bonchev–Trinajstić information content (AvgIpc) is 3.02. The van der Waals surface area contributed by atoms with Gasteiger partial charge in [-0.25, -0.2) is 4.98 Å². The molecule has 7 nitrogen and oxygen atoms in total. The van der Waals surface area contributed by atoms with Crippen LogP contribution in [0.2, 0.25) is 0 Å². The van der Waals surface area contributed by atoms with Crippen molar-refractivity contribution in [3.63, 3.8) is 0 Å². The van der Waals surface area contributed by atoms with Gasteiger partial charge in [0.05, 0.1) is 16.7 Å². The lowest BCUT2D eigenvalue weighted by molar-refractivity contribution is -0.126. The third-order valence-corrected chi connectivity index (χ3v) is 9.26. The van der Waals surface area contributed by atoms with Gasteiger partial charge in [0.1, 0.15) is 0 Å². The maximum absolute atomic E-state index is 13.5. The molecule has 2 aliphatic carbocycles. The Balaban J connectivity index is 1.18. The highest BCUT2D eigenvalue weighted by Gasteiger charge is 2.27. The Morgan fingerprint density at radius 2 is 1.73 bits per heavy atom. The first-order valence-corrected chi connectivity index (χ1v) is 15.9. The predicted octanol–water partition coefficient (Wildman–Crippen LogP) is 5.62. The van der Waals surface area contributed by atoms with Gasteiger partial charge < -0.3 is 10.6 Å². The van der Waals surface area contributed by atoms with Crippen LogP contribution in [0.15, 0.2) is 76.2 Å². The van der Waals surface area contributed by atoms with E-state index in [0.717, 1.165) is 50.5 Å². The smallest absolute Gasteiger partial charge is 0.262 e. The lowest BCUT2D eigenvalue weighted by atomic mass is 9.81. The predicted molar refractivity (Wildman–Crippen MR) is 165 cm³/mol. The van der Waals surface area contributed by atoms with Crippen molar-refractivity contribution < 1.29 is 9.59 Å². The number of carbonyl (C=O) groups excluding carboxylic acids is 2. The zero-order valence-electron chi connectivity index (χ0n) is 23.6. The number of nitrogens with one attached hydrogen (secondary N) is 2. The summed E-state index contributed by atoms with van der Waals surface area (Å²) in [5.41, 5.74) is 3.13. The molecule has 0 bridgehead atoms. The van der Waals surface area contributed by atoms with E-state index in [1.165, 1.54) is 30.2 Å². The first-order chi connectivity index (χ1) is 20.1. The largest absolute Gasteiger partial charge is 0.355 e. The van der Waals surface area contributed by atoms with E-state index < -0.39 is 0 Å². The van der Waals surface area contributed by atoms with Crippen molar-refractivity contribution in [2.24, 2.45) is 11.8 Å². The summed E-state index contributed by atoms with van der Waals surface area (Å²) in [5, 5.41) is 7.30. The molecular formula is C33H40N4O3S. The summed E-state index contributed by atoms with van der Waals surface area (Å²) < 4.78 is 1.76. The van der Waals surface area contributed by atoms with Crippen LogP contribution < -0.4 is 16.2 Å². The Labute approximate surface area is 246 Å². The van der Waals surface area contributed by atoms with Gasteiger partial charge in [0.25, 0.3) is 5.56 Å². The molecule has 2 N–H and O–H groups in total. The van der Waals surface area contributed by atoms with Gasteiger partial charge in [-0.3, -0.25) is 19.0 Å². The highest BCUT2D eigenvalue weighted by Crippen LogP contribution is 2.31. The summed E-state index contributed by atoms with van der Waals surface area (Å²) in [7, 11) is 0. The van der Waals surface area contributed by atoms with Crippen LogP contribution in [0.1, 0.15) is 63.4 Å². The van der Waals surface area contributed by atoms with Crippen LogP contribution >= 0.6 is 11.8 Å². The van der Waals surface area contributed by atoms with Gasteiger partial charge in [-0.05, 0) is 81.4 Å². The number of amides is 2. The number of nitrogens with zero attached hydrogens (tertiary/aromatic N) is 2. The van der Waals surface area contributed by atoms with E-state index in [1.54, 1.807) is 4.57 Å². The summed E-state index contributed by atoms with van der Waals surface area (Å²) in [6.07, 6.45) is 11.4. The van der Waals surface area contributed by atoms with E-state index >= 15 is 0 Å². The summed E-state index contributed by atoms with van der Waals surface area (Å²) in [4.78, 5) is 43.8. The Morgan fingerprint density at radius 1 is 0.951 bits per heavy atom. The monoisotopic (exact) mass is 572 g/mol. The first kappa shape index (κ1) is 29.1. The molecule has 0 spiro atoms. The summed E-state index contributed by atoms with van der Waals surface area (Å²) >= 11 is 1.33. The normalized spacial score (nSPS) is 19.0. The number of para-hydroxylation sites is 1. The minimum absolute atomic E-state index is 0.00308. The van der Waals surface area contributed by atoms with Gasteiger partial charge in [-0.2, -0.15) is 0 Å². The first-order valence-electron chi connectivity index (χ1n) is 15.0. The molecule has 1 heterocycles. The van der Waals surface area contributed by atoms with E-state index in [1.807, 2.05) is 54.6 Å². The minimum Gasteiger partial charge on any atom is -0.355 e. The molecule has 0 radical (unpaired) electrons. The molecule has 0 aliphatic heterocycles. The maximum atomic E-state index is 13.5. The van der Waals surface area contributed by atoms with Gasteiger partial charge in [-0.15, -0.1) is 0 Å². The third-order valence-electron chi connectivity index (χ3n) is 8.28. The second kappa shape index (κ2) is 14.5. The Hall–Kier alpha value is -3.39. The van der Waals surface area contributed by atoms with Crippen molar-refractivity contribution >= 4 is 34.5 Å². The van der Waals surface area contributed by atoms with Crippen molar-refractivity contribution in [2.75, 3.05) is 12.3 Å². The van der Waals surface area contributed by atoms with Crippen LogP contribution in [0.3, 0.4) is 0 Å². The molecule has 1 aromatic heterocycles. The number of aromatic nitrogens is 2. The number of benzene rings is 2. The van der Waals surface area contributed by atoms with Crippen LogP contribution in [-0.4, -0.2) is 33.7 Å². The molecule has 2 aliphatic rings. The number of hydrogen-bond acceptors (Lipinski definition) is 5. The molecule has 0 atom stereocenters. The van der Waals surface area contributed by atoms with Crippen LogP contribution in [0.25, 0.3) is 10.9 Å². The van der Waals surface area contributed by atoms with Crippen LogP contribution in [0.4, 0.5) is 0 Å². The fourth-order valence-corrected chi connectivity index (χ4v) is 6.73. The van der Waals surface area contributed by atoms with Crippen LogP contribution in [0.5, 0.6) is 0 Å². The van der Waals surface area contributed by atoms with E-state index in [9.17, 15) is 14.4 Å². The SMILES string of the molecule is O=C(CSc1nc2ccccc2c(=O)n1CC1CCC(C(=O)NCc2ccccc2)CC1)NCCC1=CCCCC1. The standard InChI is InChI=1S/C33H40N4O3S/c38-30(34-20-19-24-9-3-1-4-10-24)23-41-33-36-29-14-8-7-13-28(29)32(40)37(33)22-26-15-17-27(18-16-26)31(39)35-21-25-11-5-2-6-12-25/h2,5-9,11-14,26-27H,1,3-4,10,15-23H2,(H,34,38)(H,35,39). The summed E-state index contributed by atoms with van der Waals surface area (Å²) in [6.45, 7) is 1.74. The molecule has 0 saturated heterocycles. The van der Waals surface area contributed by atoms with E-state index in [-0.39, 0.29) is 35.0 Å². The van der Waals surface area contributed by atoms with E-state index in [0.29, 0.717) is 35.7 Å². The van der Waals surface area contributed by atoms with Crippen LogP contribution in [-0.2, 0) is 22.7 Å². The molecule has 5 rings (SSSR count). The summed E-state index contributed by atoms with van der Waals surface area (Å²) in [6, 6.07) is 17.4. The number of rotatable bonds is 11. The highest BCUT2D eigenvalue weighted by atomic mass is 32.2. The molecule has 41 heavy (non-hydrogen) atoms. The second-order valence-corrected chi connectivity index (χ2v) is 12.2. The average molecular weight is 573 g/mol. The van der Waals surface area contributed by atoms with Crippen molar-refractivity contribution in [2.45, 2.75) is 76.0 Å². The number of fused-ring (bicyclic) bond motifs is 1. The zero-order valence-corrected chi connectivity index (χ0v) is 24.5. The van der Waals surface area contributed by atoms with Crippen molar-refractivity contribution in [1.29, 1.82) is 0 Å². The van der Waals surface area contributed by atoms with Gasteiger partial charge in [0.2, 0.25) is 11.8 Å². The lowest BCUT2D eigenvalue weighted by Crippen LogP contribution is -2.34. The molecule has 8 heteroatoms. The van der Waals surface area contributed by atoms with E-state index in [2.05, 4.69) is 16.7 Å². The fraction of sp³-hybridized carbons (Fsp3) is 0.455. The maximum Gasteiger partial charge on any atom is 0.262 e. The number of carbonyl (C=O) groups is 2. The molecule has 3 aromatic rings. The second-order valence-electron chi connectivity index (χ2n) is 11.2. The van der Waals surface area contributed by atoms with Crippen molar-refractivity contribution in [1.82, 2.24) is 20.2 Å². The molecular weight excluding hydrogens is 532 g/mol. The minimum atomic E-state index is -0.0644. The quantitative estimate of drug-likeness (QED) is 0.177. The molecule has 1 saturated carbocycles. The topological polar surface area (TPSA) is 93.1 Å². The number of allylic oxidation sites excluding steroid dienone is 1. The van der Waals surface area contributed by atoms with E-state index in [4.69, 9.17) is 4.98 Å². The Kier molecular flexibility index (Phi) is 10.3. The lowest BCUT2D eigenvalue weighted by Gasteiger charge is -2.28. The molecule has 0 unspecified atom stereocenters. The molecule has 1 fully saturated rings. The Morgan fingerprint density at radius 3 is 2.51 bits per heavy atom. The van der Waals surface area contributed by atoms with Gasteiger partial charge in [-0.1, -0.05) is 65.9 Å². The molecule has 216 valence electrons. The van der Waals surface area contributed by atoms with Crippen molar-refractivity contribution in [3.8, 4) is 0 Å². The fourth-order valence-electron chi connectivity index (χ4n) is 5.89. The van der Waals surface area contributed by atoms with Gasteiger partial charge >= 0.3 is 0 Å². The summed E-state index contributed by atoms with van der Waals surface area (Å²) in [5.74, 6) is 0.577. The van der Waals surface area contributed by atoms with Gasteiger partial charge in [0, 0.05) is 25.6 Å². The molecule has 2 amide bonds. The van der Waals surface area contributed by atoms with Gasteiger partial charge in [0.15, 0.2) is 5.16 Å². The Bertz CT molecular complexity index is 1430. The molecule has 2 aromatic carbocycles. The van der Waals surface area contributed by atoms with Crippen LogP contribution in [0, 0.1) is 11.8 Å². The number of hydrogen-bond donors (Lipinski definition) is 2. The highest BCUT2D eigenvalue weighted by molar-refractivity contribution is 7.99. The number of thioether (sulfide) groups is 1. The zero-order chi connectivity index (χ0) is 28.4.